The lowest BCUT2D eigenvalue weighted by Gasteiger charge is -2.29. The second-order valence-electron chi connectivity index (χ2n) is 7.20. The van der Waals surface area contributed by atoms with Crippen molar-refractivity contribution in [3.05, 3.63) is 29.8 Å². The van der Waals surface area contributed by atoms with E-state index < -0.39 is 52.6 Å². The predicted molar refractivity (Wildman–Crippen MR) is 98.2 cm³/mol. The van der Waals surface area contributed by atoms with Gasteiger partial charge in [-0.15, -0.1) is 11.6 Å². The van der Waals surface area contributed by atoms with Crippen LogP contribution in [0.5, 0.6) is 0 Å². The van der Waals surface area contributed by atoms with Crippen molar-refractivity contribution in [1.82, 2.24) is 0 Å². The van der Waals surface area contributed by atoms with Crippen molar-refractivity contribution >= 4 is 27.7 Å². The van der Waals surface area contributed by atoms with Crippen molar-refractivity contribution in [2.75, 3.05) is 5.88 Å². The first-order valence-electron chi connectivity index (χ1n) is 8.77. The Labute approximate surface area is 169 Å². The number of rotatable bonds is 6. The van der Waals surface area contributed by atoms with Crippen LogP contribution in [0.4, 0.5) is 0 Å². The third-order valence-electron chi connectivity index (χ3n) is 4.41. The fourth-order valence-corrected chi connectivity index (χ4v) is 4.55. The van der Waals surface area contributed by atoms with Crippen molar-refractivity contribution in [1.29, 1.82) is 0 Å². The fraction of sp³-hybridized carbons (Fsp3) is 0.611. The van der Waals surface area contributed by atoms with Crippen molar-refractivity contribution in [3.8, 4) is 0 Å². The van der Waals surface area contributed by atoms with Gasteiger partial charge >= 0.3 is 5.97 Å². The molecule has 1 aromatic rings. The van der Waals surface area contributed by atoms with Gasteiger partial charge in [-0.25, -0.2) is 0 Å². The smallest absolute Gasteiger partial charge is 0.303 e. The van der Waals surface area contributed by atoms with Gasteiger partial charge in [-0.1, -0.05) is 17.7 Å². The van der Waals surface area contributed by atoms with E-state index in [2.05, 4.69) is 0 Å². The molecule has 28 heavy (non-hydrogen) atoms. The van der Waals surface area contributed by atoms with E-state index in [0.29, 0.717) is 0 Å². The summed E-state index contributed by atoms with van der Waals surface area (Å²) in [5.41, 5.74) is 0.910. The molecule has 1 aromatic carbocycles. The lowest BCUT2D eigenvalue weighted by molar-refractivity contribution is -0.225. The molecule has 2 heterocycles. The van der Waals surface area contributed by atoms with Gasteiger partial charge in [0.2, 0.25) is 0 Å². The topological polar surface area (TPSA) is 97.4 Å². The maximum atomic E-state index is 12.8. The van der Waals surface area contributed by atoms with Gasteiger partial charge in [0, 0.05) is 6.92 Å². The standard InChI is InChI=1S/C18H23ClO8S/c1-10-5-7-12(8-6-10)28(21,22)27-15-14(13(9-19)23-11(2)20)24-17-16(15)25-18(3,4)26-17/h5-8,13-17H,9H2,1-4H3/t13?,14-,15+,16-,17-/m1/s1. The Bertz CT molecular complexity index is 822. The van der Waals surface area contributed by atoms with Crippen molar-refractivity contribution in [2.45, 2.75) is 69.1 Å². The summed E-state index contributed by atoms with van der Waals surface area (Å²) in [6, 6.07) is 6.24. The van der Waals surface area contributed by atoms with Crippen LogP contribution in [0.1, 0.15) is 26.3 Å². The summed E-state index contributed by atoms with van der Waals surface area (Å²) in [6.45, 7) is 6.43. The molecule has 1 unspecified atom stereocenters. The van der Waals surface area contributed by atoms with E-state index in [1.165, 1.54) is 19.1 Å². The lowest BCUT2D eigenvalue weighted by Crippen LogP contribution is -2.46. The first-order chi connectivity index (χ1) is 13.0. The van der Waals surface area contributed by atoms with Crippen LogP contribution in [0, 0.1) is 6.92 Å². The number of benzene rings is 1. The summed E-state index contributed by atoms with van der Waals surface area (Å²) in [6.07, 6.45) is -4.73. The van der Waals surface area contributed by atoms with E-state index >= 15 is 0 Å². The molecule has 10 heteroatoms. The second kappa shape index (κ2) is 7.89. The molecular formula is C18H23ClO8S. The summed E-state index contributed by atoms with van der Waals surface area (Å²) < 4.78 is 53.6. The maximum Gasteiger partial charge on any atom is 0.303 e. The molecule has 0 radical (unpaired) electrons. The van der Waals surface area contributed by atoms with E-state index in [9.17, 15) is 13.2 Å². The Morgan fingerprint density at radius 3 is 2.46 bits per heavy atom. The van der Waals surface area contributed by atoms with E-state index in [1.807, 2.05) is 6.92 Å². The number of esters is 1. The summed E-state index contributed by atoms with van der Waals surface area (Å²) in [4.78, 5) is 11.4. The van der Waals surface area contributed by atoms with Crippen LogP contribution < -0.4 is 0 Å². The van der Waals surface area contributed by atoms with E-state index in [-0.39, 0.29) is 10.8 Å². The number of carbonyl (C=O) groups excluding carboxylic acids is 1. The van der Waals surface area contributed by atoms with Crippen molar-refractivity contribution in [3.63, 3.8) is 0 Å². The quantitative estimate of drug-likeness (QED) is 0.381. The third kappa shape index (κ3) is 4.50. The van der Waals surface area contributed by atoms with Crippen LogP contribution in [0.25, 0.3) is 0 Å². The molecule has 0 amide bonds. The molecular weight excluding hydrogens is 412 g/mol. The molecule has 0 bridgehead atoms. The molecule has 156 valence electrons. The minimum Gasteiger partial charge on any atom is -0.458 e. The summed E-state index contributed by atoms with van der Waals surface area (Å²) in [5, 5.41) is 0. The van der Waals surface area contributed by atoms with Gasteiger partial charge in [-0.05, 0) is 32.9 Å². The second-order valence-corrected chi connectivity index (χ2v) is 9.08. The number of hydrogen-bond donors (Lipinski definition) is 0. The minimum atomic E-state index is -4.14. The highest BCUT2D eigenvalue weighted by Crippen LogP contribution is 2.41. The van der Waals surface area contributed by atoms with Gasteiger partial charge in [0.25, 0.3) is 10.1 Å². The van der Waals surface area contributed by atoms with Crippen molar-refractivity contribution < 1.29 is 36.3 Å². The number of fused-ring (bicyclic) bond motifs is 1. The largest absolute Gasteiger partial charge is 0.458 e. The Hall–Kier alpha value is -1.23. The molecule has 0 saturated carbocycles. The number of aryl methyl sites for hydroxylation is 1. The molecule has 8 nitrogen and oxygen atoms in total. The fourth-order valence-electron chi connectivity index (χ4n) is 3.22. The Morgan fingerprint density at radius 1 is 1.25 bits per heavy atom. The Morgan fingerprint density at radius 2 is 1.89 bits per heavy atom. The molecule has 0 aliphatic carbocycles. The molecule has 3 rings (SSSR count). The molecule has 0 aromatic heterocycles. The normalized spacial score (nSPS) is 30.0. The zero-order valence-electron chi connectivity index (χ0n) is 16.0. The van der Waals surface area contributed by atoms with E-state index in [0.717, 1.165) is 5.56 Å². The van der Waals surface area contributed by atoms with Crippen molar-refractivity contribution in [2.24, 2.45) is 0 Å². The number of halogens is 1. The van der Waals surface area contributed by atoms with Crippen LogP contribution >= 0.6 is 11.6 Å². The molecule has 2 aliphatic rings. The average Bonchev–Trinajstić information content (AvgIpc) is 3.05. The maximum absolute atomic E-state index is 12.8. The van der Waals surface area contributed by atoms with Gasteiger partial charge in [0.15, 0.2) is 12.1 Å². The Kier molecular flexibility index (Phi) is 6.05. The molecule has 0 spiro atoms. The monoisotopic (exact) mass is 434 g/mol. The highest BCUT2D eigenvalue weighted by Gasteiger charge is 2.59. The van der Waals surface area contributed by atoms with Gasteiger partial charge in [-0.2, -0.15) is 8.42 Å². The van der Waals surface area contributed by atoms with Crippen LogP contribution in [0.3, 0.4) is 0 Å². The number of carbonyl (C=O) groups is 1. The van der Waals surface area contributed by atoms with E-state index in [1.54, 1.807) is 26.0 Å². The van der Waals surface area contributed by atoms with Crippen LogP contribution in [0.15, 0.2) is 29.2 Å². The first-order valence-corrected chi connectivity index (χ1v) is 10.7. The summed E-state index contributed by atoms with van der Waals surface area (Å²) in [7, 11) is -4.14. The van der Waals surface area contributed by atoms with Crippen LogP contribution in [-0.2, 0) is 38.0 Å². The molecule has 2 aliphatic heterocycles. The SMILES string of the molecule is CC(=O)OC(CCl)[C@H]1O[C@@H]2OC(C)(C)O[C@@H]2[C@H]1OS(=O)(=O)c1ccc(C)cc1. The van der Waals surface area contributed by atoms with Crippen LogP contribution in [-0.4, -0.2) is 56.8 Å². The molecule has 2 saturated heterocycles. The van der Waals surface area contributed by atoms with Gasteiger partial charge < -0.3 is 18.9 Å². The third-order valence-corrected chi connectivity index (χ3v) is 6.04. The Balaban J connectivity index is 1.90. The number of alkyl halides is 1. The lowest BCUT2D eigenvalue weighted by atomic mass is 10.1. The summed E-state index contributed by atoms with van der Waals surface area (Å²) >= 11 is 5.93. The minimum absolute atomic E-state index is 0.00612. The van der Waals surface area contributed by atoms with Crippen LogP contribution in [0.2, 0.25) is 0 Å². The highest BCUT2D eigenvalue weighted by atomic mass is 35.5. The molecule has 2 fully saturated rings. The molecule has 5 atom stereocenters. The average molecular weight is 435 g/mol. The number of ether oxygens (including phenoxy) is 4. The predicted octanol–water partition coefficient (Wildman–Crippen LogP) is 2.12. The zero-order chi connectivity index (χ0) is 20.7. The van der Waals surface area contributed by atoms with E-state index in [4.69, 9.17) is 34.7 Å². The zero-order valence-corrected chi connectivity index (χ0v) is 17.5. The first kappa shape index (κ1) is 21.5. The molecule has 0 N–H and O–H groups in total. The summed E-state index contributed by atoms with van der Waals surface area (Å²) in [5.74, 6) is -1.67. The van der Waals surface area contributed by atoms with Gasteiger partial charge in [0.1, 0.15) is 24.4 Å². The number of hydrogen-bond acceptors (Lipinski definition) is 8. The van der Waals surface area contributed by atoms with Gasteiger partial charge in [-0.3, -0.25) is 8.98 Å². The highest BCUT2D eigenvalue weighted by molar-refractivity contribution is 7.86. The van der Waals surface area contributed by atoms with Gasteiger partial charge in [0.05, 0.1) is 10.8 Å².